The summed E-state index contributed by atoms with van der Waals surface area (Å²) in [6.07, 6.45) is 4.36. The van der Waals surface area contributed by atoms with Gasteiger partial charge < -0.3 is 5.32 Å². The van der Waals surface area contributed by atoms with Crippen molar-refractivity contribution < 1.29 is 0 Å². The van der Waals surface area contributed by atoms with Gasteiger partial charge in [-0.1, -0.05) is 0 Å². The fourth-order valence-electron chi connectivity index (χ4n) is 2.88. The fourth-order valence-corrected chi connectivity index (χ4v) is 2.88. The molecular formula is C10H18N2. The number of hydrogen-bond donors (Lipinski definition) is 1. The van der Waals surface area contributed by atoms with Gasteiger partial charge in [0, 0.05) is 25.7 Å². The molecule has 0 aromatic rings. The number of fused-ring (bicyclic) bond motifs is 1. The fraction of sp³-hybridized carbons (Fsp3) is 1.00. The van der Waals surface area contributed by atoms with Gasteiger partial charge in [-0.25, -0.2) is 0 Å². The second-order valence-corrected chi connectivity index (χ2v) is 4.71. The molecule has 3 fully saturated rings. The predicted octanol–water partition coefficient (Wildman–Crippen LogP) is 0.690. The van der Waals surface area contributed by atoms with E-state index >= 15 is 0 Å². The number of nitrogens with one attached hydrogen (secondary N) is 1. The van der Waals surface area contributed by atoms with Crippen LogP contribution in [0.2, 0.25) is 0 Å². The van der Waals surface area contributed by atoms with Crippen molar-refractivity contribution in [3.63, 3.8) is 0 Å². The van der Waals surface area contributed by atoms with Gasteiger partial charge in [-0.05, 0) is 37.6 Å². The minimum Gasteiger partial charge on any atom is -0.315 e. The van der Waals surface area contributed by atoms with Gasteiger partial charge >= 0.3 is 0 Å². The summed E-state index contributed by atoms with van der Waals surface area (Å²) >= 11 is 0. The molecule has 3 unspecified atom stereocenters. The molecule has 2 heteroatoms. The summed E-state index contributed by atoms with van der Waals surface area (Å²) in [5.74, 6) is 2.21. The van der Waals surface area contributed by atoms with Crippen molar-refractivity contribution in [3.05, 3.63) is 0 Å². The summed E-state index contributed by atoms with van der Waals surface area (Å²) in [4.78, 5) is 2.73. The van der Waals surface area contributed by atoms with Crippen molar-refractivity contribution in [2.45, 2.75) is 25.3 Å². The van der Waals surface area contributed by atoms with Crippen LogP contribution in [0, 0.1) is 11.8 Å². The van der Waals surface area contributed by atoms with Gasteiger partial charge in [0.1, 0.15) is 0 Å². The number of rotatable bonds is 1. The van der Waals surface area contributed by atoms with Crippen molar-refractivity contribution in [2.75, 3.05) is 26.2 Å². The lowest BCUT2D eigenvalue weighted by molar-refractivity contribution is 0.184. The number of hydrogen-bond acceptors (Lipinski definition) is 2. The maximum Gasteiger partial charge on any atom is 0.0221 e. The third-order valence-corrected chi connectivity index (χ3v) is 3.79. The Morgan fingerprint density at radius 1 is 1.17 bits per heavy atom. The van der Waals surface area contributed by atoms with Crippen LogP contribution in [0.4, 0.5) is 0 Å². The summed E-state index contributed by atoms with van der Waals surface area (Å²) in [6, 6.07) is 0.881. The maximum atomic E-state index is 3.50. The Bertz CT molecular complexity index is 165. The van der Waals surface area contributed by atoms with Crippen molar-refractivity contribution in [1.29, 1.82) is 0 Å². The molecule has 0 spiro atoms. The Kier molecular flexibility index (Phi) is 1.66. The predicted molar refractivity (Wildman–Crippen MR) is 49.1 cm³/mol. The molecule has 2 heterocycles. The maximum absolute atomic E-state index is 3.50. The third-order valence-electron chi connectivity index (χ3n) is 3.79. The van der Waals surface area contributed by atoms with Gasteiger partial charge in [0.25, 0.3) is 0 Å². The molecule has 0 radical (unpaired) electrons. The quantitative estimate of drug-likeness (QED) is 0.616. The number of nitrogens with zero attached hydrogens (tertiary/aromatic N) is 1. The van der Waals surface area contributed by atoms with E-state index in [1.165, 1.54) is 45.4 Å². The first-order valence-electron chi connectivity index (χ1n) is 5.38. The molecule has 12 heavy (non-hydrogen) atoms. The second-order valence-electron chi connectivity index (χ2n) is 4.71. The summed E-state index contributed by atoms with van der Waals surface area (Å²) in [6.45, 7) is 5.32. The molecule has 0 aromatic carbocycles. The molecule has 3 rings (SSSR count). The van der Waals surface area contributed by atoms with Gasteiger partial charge in [0.15, 0.2) is 0 Å². The van der Waals surface area contributed by atoms with Gasteiger partial charge in [-0.2, -0.15) is 0 Å². The number of piperidine rings is 2. The SMILES string of the molecule is C1CNCC(N2CC3CC3C2)C1. The summed E-state index contributed by atoms with van der Waals surface area (Å²) < 4.78 is 0. The monoisotopic (exact) mass is 166 g/mol. The van der Waals surface area contributed by atoms with E-state index in [-0.39, 0.29) is 0 Å². The zero-order valence-corrected chi connectivity index (χ0v) is 7.63. The summed E-state index contributed by atoms with van der Waals surface area (Å²) in [7, 11) is 0. The molecule has 1 saturated carbocycles. The molecule has 2 nitrogen and oxygen atoms in total. The average molecular weight is 166 g/mol. The van der Waals surface area contributed by atoms with E-state index in [1.54, 1.807) is 0 Å². The summed E-state index contributed by atoms with van der Waals surface area (Å²) in [5, 5.41) is 3.50. The zero-order valence-electron chi connectivity index (χ0n) is 7.63. The Hall–Kier alpha value is -0.0800. The third kappa shape index (κ3) is 1.17. The van der Waals surface area contributed by atoms with E-state index < -0.39 is 0 Å². The molecule has 1 N–H and O–H groups in total. The minimum atomic E-state index is 0.881. The van der Waals surface area contributed by atoms with E-state index in [0.717, 1.165) is 17.9 Å². The van der Waals surface area contributed by atoms with Crippen molar-refractivity contribution in [3.8, 4) is 0 Å². The van der Waals surface area contributed by atoms with E-state index in [0.29, 0.717) is 0 Å². The normalized spacial score (nSPS) is 47.5. The van der Waals surface area contributed by atoms with Crippen molar-refractivity contribution >= 4 is 0 Å². The molecule has 2 aliphatic heterocycles. The highest BCUT2D eigenvalue weighted by Gasteiger charge is 2.46. The van der Waals surface area contributed by atoms with E-state index in [2.05, 4.69) is 10.2 Å². The largest absolute Gasteiger partial charge is 0.315 e. The van der Waals surface area contributed by atoms with Gasteiger partial charge in [0.05, 0.1) is 0 Å². The van der Waals surface area contributed by atoms with Crippen LogP contribution in [0.15, 0.2) is 0 Å². The van der Waals surface area contributed by atoms with Gasteiger partial charge in [-0.15, -0.1) is 0 Å². The van der Waals surface area contributed by atoms with Crippen molar-refractivity contribution in [1.82, 2.24) is 10.2 Å². The van der Waals surface area contributed by atoms with Crippen LogP contribution >= 0.6 is 0 Å². The first-order valence-corrected chi connectivity index (χ1v) is 5.38. The Morgan fingerprint density at radius 3 is 2.67 bits per heavy atom. The standard InChI is InChI=1S/C10H18N2/c1-2-10(5-11-3-1)12-6-8-4-9(8)7-12/h8-11H,1-7H2. The van der Waals surface area contributed by atoms with E-state index in [1.807, 2.05) is 0 Å². The highest BCUT2D eigenvalue weighted by atomic mass is 15.2. The molecule has 0 aromatic heterocycles. The molecule has 1 aliphatic carbocycles. The van der Waals surface area contributed by atoms with Crippen molar-refractivity contribution in [2.24, 2.45) is 11.8 Å². The van der Waals surface area contributed by atoms with Crippen LogP contribution in [0.5, 0.6) is 0 Å². The summed E-state index contributed by atoms with van der Waals surface area (Å²) in [5.41, 5.74) is 0. The molecular weight excluding hydrogens is 148 g/mol. The zero-order chi connectivity index (χ0) is 7.97. The van der Waals surface area contributed by atoms with Crippen LogP contribution in [-0.2, 0) is 0 Å². The Morgan fingerprint density at radius 2 is 2.00 bits per heavy atom. The van der Waals surface area contributed by atoms with E-state index in [9.17, 15) is 0 Å². The molecule has 0 bridgehead atoms. The van der Waals surface area contributed by atoms with Crippen LogP contribution < -0.4 is 5.32 Å². The van der Waals surface area contributed by atoms with Gasteiger partial charge in [0.2, 0.25) is 0 Å². The van der Waals surface area contributed by atoms with Crippen LogP contribution in [0.1, 0.15) is 19.3 Å². The first-order chi connectivity index (χ1) is 5.93. The number of likely N-dealkylation sites (tertiary alicyclic amines) is 1. The highest BCUT2D eigenvalue weighted by Crippen LogP contribution is 2.45. The molecule has 3 aliphatic rings. The van der Waals surface area contributed by atoms with Gasteiger partial charge in [-0.3, -0.25) is 4.90 Å². The molecule has 2 saturated heterocycles. The van der Waals surface area contributed by atoms with Crippen LogP contribution in [0.3, 0.4) is 0 Å². The second kappa shape index (κ2) is 2.71. The Labute approximate surface area is 74.3 Å². The smallest absolute Gasteiger partial charge is 0.0221 e. The lowest BCUT2D eigenvalue weighted by atomic mass is 10.1. The first kappa shape index (κ1) is 7.34. The van der Waals surface area contributed by atoms with E-state index in [4.69, 9.17) is 0 Å². The Balaban J connectivity index is 1.58. The molecule has 0 amide bonds. The average Bonchev–Trinajstić information content (AvgIpc) is 2.75. The van der Waals surface area contributed by atoms with Crippen LogP contribution in [0.25, 0.3) is 0 Å². The molecule has 68 valence electrons. The lowest BCUT2D eigenvalue weighted by Crippen LogP contribution is -2.45. The minimum absolute atomic E-state index is 0.881. The van der Waals surface area contributed by atoms with Crippen LogP contribution in [-0.4, -0.2) is 37.1 Å². The lowest BCUT2D eigenvalue weighted by Gasteiger charge is -2.32. The molecule has 3 atom stereocenters. The topological polar surface area (TPSA) is 15.3 Å². The highest BCUT2D eigenvalue weighted by molar-refractivity contribution is 4.99.